The van der Waals surface area contributed by atoms with Crippen LogP contribution in [0.2, 0.25) is 0 Å². The first-order valence-corrected chi connectivity index (χ1v) is 14.0. The molecule has 0 spiro atoms. The number of rotatable bonds is 5. The first-order chi connectivity index (χ1) is 19.1. The second-order valence-corrected chi connectivity index (χ2v) is 11.2. The molecule has 2 atom stereocenters. The summed E-state index contributed by atoms with van der Waals surface area (Å²) in [6, 6.07) is 6.21. The molecule has 8 bridgehead atoms. The molecule has 5 heterocycles. The van der Waals surface area contributed by atoms with E-state index in [1.165, 1.54) is 5.57 Å². The van der Waals surface area contributed by atoms with Crippen molar-refractivity contribution in [2.24, 2.45) is 0 Å². The zero-order valence-electron chi connectivity index (χ0n) is 23.7. The molecule has 3 N–H and O–H groups in total. The number of allylic oxidation sites excluding steroid dienone is 2. The van der Waals surface area contributed by atoms with Gasteiger partial charge in [-0.2, -0.15) is 0 Å². The number of Topliss-reactive ketones (excluding diaryl/α,β-unsaturated/α-hetero) is 1. The van der Waals surface area contributed by atoms with Crippen molar-refractivity contribution in [3.63, 3.8) is 0 Å². The van der Waals surface area contributed by atoms with Crippen molar-refractivity contribution in [1.29, 1.82) is 0 Å². The minimum absolute atomic E-state index is 0.00526. The van der Waals surface area contributed by atoms with Crippen LogP contribution in [0.5, 0.6) is 0 Å². The molecule has 7 heteroatoms. The Morgan fingerprint density at radius 2 is 1.80 bits per heavy atom. The summed E-state index contributed by atoms with van der Waals surface area (Å²) in [5, 5.41) is 9.49. The summed E-state index contributed by atoms with van der Waals surface area (Å²) >= 11 is 0. The number of aromatic nitrogens is 4. The Morgan fingerprint density at radius 1 is 1.07 bits per heavy atom. The predicted molar refractivity (Wildman–Crippen MR) is 159 cm³/mol. The summed E-state index contributed by atoms with van der Waals surface area (Å²) < 4.78 is 0. The number of aryl methyl sites for hydroxylation is 2. The number of carbonyl (C=O) groups excluding carboxylic acids is 1. The van der Waals surface area contributed by atoms with Crippen molar-refractivity contribution < 1.29 is 14.7 Å². The van der Waals surface area contributed by atoms with Crippen LogP contribution in [0.3, 0.4) is 0 Å². The second-order valence-electron chi connectivity index (χ2n) is 11.2. The molecule has 7 nitrogen and oxygen atoms in total. The quantitative estimate of drug-likeness (QED) is 0.316. The van der Waals surface area contributed by atoms with Crippen LogP contribution in [-0.2, 0) is 11.2 Å². The topological polar surface area (TPSA) is 112 Å². The molecule has 6 rings (SSSR count). The van der Waals surface area contributed by atoms with Crippen LogP contribution in [-0.4, -0.2) is 36.8 Å². The van der Waals surface area contributed by atoms with Gasteiger partial charge in [0.05, 0.1) is 22.6 Å². The number of hydrogen-bond donors (Lipinski definition) is 3. The monoisotopic (exact) mass is 534 g/mol. The van der Waals surface area contributed by atoms with E-state index in [-0.39, 0.29) is 30.5 Å². The third-order valence-electron chi connectivity index (χ3n) is 9.02. The largest absolute Gasteiger partial charge is 0.481 e. The van der Waals surface area contributed by atoms with E-state index in [1.54, 1.807) is 0 Å². The van der Waals surface area contributed by atoms with E-state index >= 15 is 0 Å². The van der Waals surface area contributed by atoms with Crippen molar-refractivity contribution in [2.45, 2.75) is 72.1 Å². The summed E-state index contributed by atoms with van der Waals surface area (Å²) in [6.45, 7) is 14.5. The molecule has 0 saturated carbocycles. The Balaban J connectivity index is 1.77. The average Bonchev–Trinajstić information content (AvgIpc) is 3.65. The minimum atomic E-state index is -0.831. The maximum Gasteiger partial charge on any atom is 0.303 e. The SMILES string of the molecule is C=Cc1c(C)c2cc3nc(c4c5[nH]c(cc6nc(cc1[nH]2)C(C)=C6CC)c(C)c5C(=O)C4)[C@@H](CCC(=O)O)C3C. The number of hydrogen-bond acceptors (Lipinski definition) is 4. The number of aliphatic carboxylic acids is 1. The van der Waals surface area contributed by atoms with Crippen LogP contribution in [0, 0.1) is 13.8 Å². The van der Waals surface area contributed by atoms with E-state index in [0.29, 0.717) is 12.0 Å². The molecule has 3 aromatic heterocycles. The fraction of sp³-hybridized carbons (Fsp3) is 0.333. The zero-order valence-corrected chi connectivity index (χ0v) is 23.7. The molecule has 1 aliphatic carbocycles. The molecule has 0 fully saturated rings. The lowest BCUT2D eigenvalue weighted by atomic mass is 9.85. The van der Waals surface area contributed by atoms with Crippen molar-refractivity contribution in [2.75, 3.05) is 0 Å². The highest BCUT2D eigenvalue weighted by molar-refractivity contribution is 6.13. The van der Waals surface area contributed by atoms with Gasteiger partial charge in [0.2, 0.25) is 0 Å². The van der Waals surface area contributed by atoms with Gasteiger partial charge in [0.15, 0.2) is 5.78 Å². The molecule has 0 aromatic carbocycles. The summed E-state index contributed by atoms with van der Waals surface area (Å²) in [4.78, 5) is 42.2. The molecule has 0 radical (unpaired) electrons. The van der Waals surface area contributed by atoms with Gasteiger partial charge in [-0.3, -0.25) is 14.6 Å². The van der Waals surface area contributed by atoms with Gasteiger partial charge < -0.3 is 15.1 Å². The van der Waals surface area contributed by atoms with Gasteiger partial charge >= 0.3 is 5.97 Å². The Bertz CT molecular complexity index is 1840. The van der Waals surface area contributed by atoms with E-state index < -0.39 is 5.97 Å². The first kappa shape index (κ1) is 26.0. The normalized spacial score (nSPS) is 18.1. The standard InChI is InChI=1S/C33H34N4O3/c1-7-19-15(3)23-12-25-17(5)21(9-10-30(39)40)32(36-25)22-11-29(38)31-18(6)26(37-33(22)31)14-28-20(8-2)16(4)24(35-28)13-27(19)34-23/h7,12-14,17,21,34,37H,1,8-11H2,2-6H3,(H,39,40)/t17?,21-/m0/s1. The van der Waals surface area contributed by atoms with Gasteiger partial charge in [-0.1, -0.05) is 26.5 Å². The summed E-state index contributed by atoms with van der Waals surface area (Å²) in [5.74, 6) is -0.866. The molecular formula is C33H34N4O3. The Labute approximate surface area is 233 Å². The highest BCUT2D eigenvalue weighted by Gasteiger charge is 2.35. The van der Waals surface area contributed by atoms with Crippen molar-refractivity contribution in [3.05, 3.63) is 75.4 Å². The van der Waals surface area contributed by atoms with Crippen LogP contribution in [0.25, 0.3) is 39.3 Å². The molecular weight excluding hydrogens is 500 g/mol. The van der Waals surface area contributed by atoms with Gasteiger partial charge in [0, 0.05) is 63.6 Å². The highest BCUT2D eigenvalue weighted by atomic mass is 16.4. The number of carbonyl (C=O) groups is 2. The highest BCUT2D eigenvalue weighted by Crippen LogP contribution is 2.44. The number of nitrogens with zero attached hydrogens (tertiary/aromatic N) is 2. The van der Waals surface area contributed by atoms with E-state index in [2.05, 4.69) is 62.4 Å². The van der Waals surface area contributed by atoms with Gasteiger partial charge in [-0.15, -0.1) is 0 Å². The molecule has 2 aliphatic heterocycles. The summed E-state index contributed by atoms with van der Waals surface area (Å²) in [5.41, 5.74) is 14.0. The maximum atomic E-state index is 13.4. The van der Waals surface area contributed by atoms with E-state index in [0.717, 1.165) is 79.1 Å². The summed E-state index contributed by atoms with van der Waals surface area (Å²) in [6.07, 6.45) is 3.47. The molecule has 0 saturated heterocycles. The zero-order chi connectivity index (χ0) is 28.5. The lowest BCUT2D eigenvalue weighted by Crippen LogP contribution is -2.08. The number of carboxylic acids is 1. The molecule has 204 valence electrons. The maximum absolute atomic E-state index is 13.4. The number of H-pyrrole nitrogens is 2. The number of fused-ring (bicyclic) bond motifs is 8. The molecule has 3 aliphatic rings. The Hall–Kier alpha value is -4.26. The third-order valence-corrected chi connectivity index (χ3v) is 9.02. The molecule has 40 heavy (non-hydrogen) atoms. The van der Waals surface area contributed by atoms with Gasteiger partial charge in [0.1, 0.15) is 0 Å². The molecule has 0 amide bonds. The average molecular weight is 535 g/mol. The van der Waals surface area contributed by atoms with E-state index in [4.69, 9.17) is 9.97 Å². The predicted octanol–water partition coefficient (Wildman–Crippen LogP) is 7.41. The Kier molecular flexibility index (Phi) is 6.13. The number of carboxylic acid groups (broad SMARTS) is 1. The third kappa shape index (κ3) is 3.86. The van der Waals surface area contributed by atoms with Gasteiger partial charge in [0.25, 0.3) is 0 Å². The van der Waals surface area contributed by atoms with Crippen LogP contribution in [0.4, 0.5) is 0 Å². The fourth-order valence-corrected chi connectivity index (χ4v) is 6.71. The van der Waals surface area contributed by atoms with Crippen molar-refractivity contribution in [1.82, 2.24) is 19.9 Å². The van der Waals surface area contributed by atoms with E-state index in [1.807, 2.05) is 13.0 Å². The number of nitrogens with one attached hydrogen (secondary N) is 2. The molecule has 3 aromatic rings. The van der Waals surface area contributed by atoms with Crippen LogP contribution in [0.15, 0.2) is 24.8 Å². The van der Waals surface area contributed by atoms with Gasteiger partial charge in [-0.25, -0.2) is 4.98 Å². The van der Waals surface area contributed by atoms with Crippen molar-refractivity contribution in [3.8, 4) is 0 Å². The van der Waals surface area contributed by atoms with Crippen LogP contribution in [0.1, 0.15) is 107 Å². The lowest BCUT2D eigenvalue weighted by Gasteiger charge is -2.16. The second kappa shape index (κ2) is 9.44. The molecule has 1 unspecified atom stereocenters. The minimum Gasteiger partial charge on any atom is -0.481 e. The first-order valence-electron chi connectivity index (χ1n) is 14.0. The number of ketones is 1. The van der Waals surface area contributed by atoms with Crippen molar-refractivity contribution >= 4 is 51.0 Å². The van der Waals surface area contributed by atoms with Gasteiger partial charge in [-0.05, 0) is 74.1 Å². The van der Waals surface area contributed by atoms with Crippen LogP contribution >= 0.6 is 0 Å². The summed E-state index contributed by atoms with van der Waals surface area (Å²) in [7, 11) is 0. The Morgan fingerprint density at radius 3 is 2.50 bits per heavy atom. The van der Waals surface area contributed by atoms with Crippen LogP contribution < -0.4 is 0 Å². The number of aromatic amines is 2. The van der Waals surface area contributed by atoms with E-state index in [9.17, 15) is 14.7 Å². The fourth-order valence-electron chi connectivity index (χ4n) is 6.71. The lowest BCUT2D eigenvalue weighted by molar-refractivity contribution is -0.137. The smallest absolute Gasteiger partial charge is 0.303 e.